The summed E-state index contributed by atoms with van der Waals surface area (Å²) in [5.41, 5.74) is 1.78. The zero-order valence-electron chi connectivity index (χ0n) is 12.6. The minimum Gasteiger partial charge on any atom is -0.353 e. The van der Waals surface area contributed by atoms with Gasteiger partial charge >= 0.3 is 0 Å². The van der Waals surface area contributed by atoms with Crippen molar-refractivity contribution in [1.29, 1.82) is 0 Å². The van der Waals surface area contributed by atoms with Crippen LogP contribution in [0.25, 0.3) is 0 Å². The van der Waals surface area contributed by atoms with E-state index in [1.165, 1.54) is 0 Å². The van der Waals surface area contributed by atoms with Gasteiger partial charge in [-0.2, -0.15) is 0 Å². The van der Waals surface area contributed by atoms with Crippen LogP contribution in [0.3, 0.4) is 0 Å². The Bertz CT molecular complexity index is 559. The van der Waals surface area contributed by atoms with Gasteiger partial charge in [0.25, 0.3) is 0 Å². The molecule has 0 spiro atoms. The Kier molecular flexibility index (Phi) is 4.88. The van der Waals surface area contributed by atoms with Crippen molar-refractivity contribution >= 4 is 29.1 Å². The Morgan fingerprint density at radius 2 is 2.24 bits per heavy atom. The highest BCUT2D eigenvalue weighted by Crippen LogP contribution is 2.30. The van der Waals surface area contributed by atoms with Gasteiger partial charge in [0.05, 0.1) is 0 Å². The van der Waals surface area contributed by atoms with Gasteiger partial charge in [-0.25, -0.2) is 0 Å². The second-order valence-electron chi connectivity index (χ2n) is 5.58. The van der Waals surface area contributed by atoms with E-state index in [1.807, 2.05) is 26.8 Å². The molecule has 1 aliphatic rings. The first-order valence-electron chi connectivity index (χ1n) is 7.32. The van der Waals surface area contributed by atoms with Gasteiger partial charge in [0.15, 0.2) is 0 Å². The molecule has 0 radical (unpaired) electrons. The van der Waals surface area contributed by atoms with E-state index in [-0.39, 0.29) is 17.9 Å². The van der Waals surface area contributed by atoms with Gasteiger partial charge in [-0.1, -0.05) is 24.6 Å². The highest BCUT2D eigenvalue weighted by Gasteiger charge is 2.38. The van der Waals surface area contributed by atoms with E-state index in [2.05, 4.69) is 5.32 Å². The van der Waals surface area contributed by atoms with Crippen molar-refractivity contribution in [2.45, 2.75) is 39.7 Å². The summed E-state index contributed by atoms with van der Waals surface area (Å²) in [6.07, 6.45) is 1.40. The van der Waals surface area contributed by atoms with Crippen LogP contribution in [0.5, 0.6) is 0 Å². The van der Waals surface area contributed by atoms with Crippen LogP contribution in [0.4, 0.5) is 5.69 Å². The number of hydrogen-bond donors (Lipinski definition) is 1. The molecule has 114 valence electrons. The quantitative estimate of drug-likeness (QED) is 0.870. The molecule has 21 heavy (non-hydrogen) atoms. The van der Waals surface area contributed by atoms with Crippen molar-refractivity contribution in [3.05, 3.63) is 28.8 Å². The Morgan fingerprint density at radius 1 is 1.52 bits per heavy atom. The summed E-state index contributed by atoms with van der Waals surface area (Å²) < 4.78 is 0. The van der Waals surface area contributed by atoms with E-state index in [9.17, 15) is 9.59 Å². The number of amides is 2. The highest BCUT2D eigenvalue weighted by molar-refractivity contribution is 6.31. The maximum atomic E-state index is 12.5. The van der Waals surface area contributed by atoms with Gasteiger partial charge in [0, 0.05) is 23.3 Å². The van der Waals surface area contributed by atoms with Gasteiger partial charge in [-0.3, -0.25) is 9.59 Å². The third-order valence-corrected chi connectivity index (χ3v) is 4.22. The lowest BCUT2D eigenvalue weighted by molar-refractivity contribution is -0.132. The van der Waals surface area contributed by atoms with Gasteiger partial charge < -0.3 is 10.2 Å². The summed E-state index contributed by atoms with van der Waals surface area (Å²) in [6, 6.07) is 5.56. The summed E-state index contributed by atoms with van der Waals surface area (Å²) in [4.78, 5) is 26.3. The number of hydrogen-bond acceptors (Lipinski definition) is 2. The lowest BCUT2D eigenvalue weighted by atomic mass is 10.1. The molecule has 0 saturated carbocycles. The topological polar surface area (TPSA) is 49.4 Å². The van der Waals surface area contributed by atoms with Gasteiger partial charge in [0.2, 0.25) is 11.8 Å². The van der Waals surface area contributed by atoms with E-state index in [0.29, 0.717) is 18.0 Å². The van der Waals surface area contributed by atoms with Gasteiger partial charge in [-0.05, 0) is 44.4 Å². The van der Waals surface area contributed by atoms with E-state index in [4.69, 9.17) is 11.6 Å². The molecule has 1 aromatic carbocycles. The monoisotopic (exact) mass is 308 g/mol. The average molecular weight is 309 g/mol. The summed E-state index contributed by atoms with van der Waals surface area (Å²) in [5.74, 6) is -0.893. The largest absolute Gasteiger partial charge is 0.353 e. The first-order valence-corrected chi connectivity index (χ1v) is 7.69. The van der Waals surface area contributed by atoms with Crippen molar-refractivity contribution in [3.63, 3.8) is 0 Å². The molecule has 2 atom stereocenters. The summed E-state index contributed by atoms with van der Waals surface area (Å²) in [5, 5.41) is 3.48. The number of nitrogens with one attached hydrogen (secondary N) is 1. The first-order chi connectivity index (χ1) is 9.93. The molecule has 1 aromatic rings. The van der Waals surface area contributed by atoms with Crippen molar-refractivity contribution in [3.8, 4) is 0 Å². The van der Waals surface area contributed by atoms with Crippen LogP contribution >= 0.6 is 11.6 Å². The van der Waals surface area contributed by atoms with Crippen molar-refractivity contribution in [1.82, 2.24) is 5.32 Å². The van der Waals surface area contributed by atoms with Crippen LogP contribution in [-0.2, 0) is 9.59 Å². The maximum absolute atomic E-state index is 12.5. The number of nitrogens with zero attached hydrogens (tertiary/aromatic N) is 1. The number of carbonyl (C=O) groups is 2. The SMILES string of the molecule is CCC(C)NC(=O)C1CCN(c2cc(Cl)ccc2C)C1=O. The Morgan fingerprint density at radius 3 is 2.90 bits per heavy atom. The van der Waals surface area contributed by atoms with E-state index >= 15 is 0 Å². The zero-order valence-corrected chi connectivity index (χ0v) is 13.4. The number of halogens is 1. The Hall–Kier alpha value is -1.55. The van der Waals surface area contributed by atoms with Crippen LogP contribution in [-0.4, -0.2) is 24.4 Å². The smallest absolute Gasteiger partial charge is 0.239 e. The molecule has 2 unspecified atom stereocenters. The standard InChI is InChI=1S/C16H21ClN2O2/c1-4-11(3)18-15(20)13-7-8-19(16(13)21)14-9-12(17)6-5-10(14)2/h5-6,9,11,13H,4,7-8H2,1-3H3,(H,18,20). The molecule has 0 aromatic heterocycles. The second kappa shape index (κ2) is 6.48. The van der Waals surface area contributed by atoms with Crippen molar-refractivity contribution in [2.24, 2.45) is 5.92 Å². The van der Waals surface area contributed by atoms with Crippen LogP contribution in [0.15, 0.2) is 18.2 Å². The fraction of sp³-hybridized carbons (Fsp3) is 0.500. The summed E-state index contributed by atoms with van der Waals surface area (Å²) >= 11 is 6.01. The molecule has 0 aliphatic carbocycles. The first kappa shape index (κ1) is 15.8. The normalized spacial score (nSPS) is 19.7. The predicted molar refractivity (Wildman–Crippen MR) is 84.5 cm³/mol. The molecule has 1 aliphatic heterocycles. The lowest BCUT2D eigenvalue weighted by Crippen LogP contribution is -2.40. The van der Waals surface area contributed by atoms with E-state index in [1.54, 1.807) is 17.0 Å². The Balaban J connectivity index is 2.14. The molecule has 1 N–H and O–H groups in total. The third kappa shape index (κ3) is 3.38. The van der Waals surface area contributed by atoms with Crippen LogP contribution in [0.1, 0.15) is 32.3 Å². The molecule has 2 rings (SSSR count). The molecule has 4 nitrogen and oxygen atoms in total. The molecule has 1 saturated heterocycles. The number of aryl methyl sites for hydroxylation is 1. The molecule has 0 bridgehead atoms. The number of carbonyl (C=O) groups excluding carboxylic acids is 2. The molecule has 1 heterocycles. The fourth-order valence-electron chi connectivity index (χ4n) is 2.48. The fourth-order valence-corrected chi connectivity index (χ4v) is 2.65. The summed E-state index contributed by atoms with van der Waals surface area (Å²) in [7, 11) is 0. The minimum atomic E-state index is -0.586. The van der Waals surface area contributed by atoms with E-state index in [0.717, 1.165) is 17.7 Å². The Labute approximate surface area is 130 Å². The minimum absolute atomic E-state index is 0.0901. The zero-order chi connectivity index (χ0) is 15.6. The molecule has 5 heteroatoms. The van der Waals surface area contributed by atoms with Crippen molar-refractivity contribution in [2.75, 3.05) is 11.4 Å². The maximum Gasteiger partial charge on any atom is 0.239 e. The van der Waals surface area contributed by atoms with Gasteiger partial charge in [0.1, 0.15) is 5.92 Å². The van der Waals surface area contributed by atoms with Crippen LogP contribution in [0.2, 0.25) is 5.02 Å². The van der Waals surface area contributed by atoms with Crippen LogP contribution in [0, 0.1) is 12.8 Å². The number of benzene rings is 1. The molecule has 1 fully saturated rings. The van der Waals surface area contributed by atoms with Gasteiger partial charge in [-0.15, -0.1) is 0 Å². The highest BCUT2D eigenvalue weighted by atomic mass is 35.5. The predicted octanol–water partition coefficient (Wildman–Crippen LogP) is 2.92. The number of rotatable bonds is 4. The number of anilines is 1. The van der Waals surface area contributed by atoms with Crippen LogP contribution < -0.4 is 10.2 Å². The summed E-state index contributed by atoms with van der Waals surface area (Å²) in [6.45, 7) is 6.43. The third-order valence-electron chi connectivity index (χ3n) is 3.99. The molecule has 2 amide bonds. The molecular formula is C16H21ClN2O2. The molecular weight excluding hydrogens is 288 g/mol. The average Bonchev–Trinajstić information content (AvgIpc) is 2.83. The second-order valence-corrected chi connectivity index (χ2v) is 6.02. The lowest BCUT2D eigenvalue weighted by Gasteiger charge is -2.20. The van der Waals surface area contributed by atoms with Crippen molar-refractivity contribution < 1.29 is 9.59 Å². The van der Waals surface area contributed by atoms with E-state index < -0.39 is 5.92 Å².